The Morgan fingerprint density at radius 2 is 2.05 bits per heavy atom. The van der Waals surface area contributed by atoms with Crippen LogP contribution >= 0.6 is 0 Å². The molecule has 20 heavy (non-hydrogen) atoms. The van der Waals surface area contributed by atoms with Gasteiger partial charge in [-0.05, 0) is 37.0 Å². The van der Waals surface area contributed by atoms with Crippen LogP contribution in [0.4, 0.5) is 0 Å². The van der Waals surface area contributed by atoms with Crippen LogP contribution in [-0.2, 0) is 13.0 Å². The first-order valence-corrected chi connectivity index (χ1v) is 7.22. The maximum absolute atomic E-state index is 5.41. The van der Waals surface area contributed by atoms with Crippen molar-refractivity contribution in [2.45, 2.75) is 32.4 Å². The van der Waals surface area contributed by atoms with E-state index in [2.05, 4.69) is 42.6 Å². The molecule has 1 atom stereocenters. The molecule has 0 radical (unpaired) electrons. The minimum Gasteiger partial charge on any atom is -0.496 e. The van der Waals surface area contributed by atoms with Crippen molar-refractivity contribution in [1.82, 2.24) is 5.32 Å². The molecule has 3 rings (SSSR count). The van der Waals surface area contributed by atoms with E-state index in [1.807, 2.05) is 12.1 Å². The van der Waals surface area contributed by atoms with Gasteiger partial charge in [0.05, 0.1) is 7.11 Å². The first-order valence-electron chi connectivity index (χ1n) is 7.22. The van der Waals surface area contributed by atoms with Crippen LogP contribution in [0.5, 0.6) is 5.75 Å². The Morgan fingerprint density at radius 3 is 2.90 bits per heavy atom. The summed E-state index contributed by atoms with van der Waals surface area (Å²) >= 11 is 0. The highest BCUT2D eigenvalue weighted by atomic mass is 16.5. The molecule has 104 valence electrons. The number of methoxy groups -OCH3 is 1. The quantitative estimate of drug-likeness (QED) is 0.910. The van der Waals surface area contributed by atoms with Crippen LogP contribution in [-0.4, -0.2) is 7.11 Å². The Morgan fingerprint density at radius 1 is 1.20 bits per heavy atom. The standard InChI is InChI=1S/C18H21NO/c1-13-7-8-14-9-10-17(16(14)11-13)19-12-15-5-3-4-6-18(15)20-2/h3-8,11,17,19H,9-10,12H2,1-2H3. The van der Waals surface area contributed by atoms with Gasteiger partial charge in [0.1, 0.15) is 5.75 Å². The molecular weight excluding hydrogens is 246 g/mol. The zero-order valence-electron chi connectivity index (χ0n) is 12.1. The third kappa shape index (κ3) is 2.56. The summed E-state index contributed by atoms with van der Waals surface area (Å²) in [4.78, 5) is 0. The SMILES string of the molecule is COc1ccccc1CNC1CCc2ccc(C)cc21. The van der Waals surface area contributed by atoms with Crippen molar-refractivity contribution in [2.24, 2.45) is 0 Å². The van der Waals surface area contributed by atoms with Crippen molar-refractivity contribution < 1.29 is 4.74 Å². The van der Waals surface area contributed by atoms with Crippen LogP contribution in [0.25, 0.3) is 0 Å². The summed E-state index contributed by atoms with van der Waals surface area (Å²) in [5, 5.41) is 3.68. The van der Waals surface area contributed by atoms with Crippen LogP contribution in [0.15, 0.2) is 42.5 Å². The van der Waals surface area contributed by atoms with Gasteiger partial charge in [-0.25, -0.2) is 0 Å². The lowest BCUT2D eigenvalue weighted by atomic mass is 10.0. The zero-order valence-corrected chi connectivity index (χ0v) is 12.1. The summed E-state index contributed by atoms with van der Waals surface area (Å²) in [5.74, 6) is 0.961. The van der Waals surface area contributed by atoms with E-state index in [4.69, 9.17) is 4.74 Å². The Kier molecular flexibility index (Phi) is 3.75. The normalized spacial score (nSPS) is 17.0. The van der Waals surface area contributed by atoms with E-state index in [0.717, 1.165) is 12.3 Å². The van der Waals surface area contributed by atoms with E-state index >= 15 is 0 Å². The second-order valence-corrected chi connectivity index (χ2v) is 5.49. The number of para-hydroxylation sites is 1. The molecule has 0 saturated carbocycles. The van der Waals surface area contributed by atoms with E-state index in [9.17, 15) is 0 Å². The molecule has 1 aliphatic carbocycles. The maximum atomic E-state index is 5.41. The van der Waals surface area contributed by atoms with E-state index < -0.39 is 0 Å². The van der Waals surface area contributed by atoms with Gasteiger partial charge < -0.3 is 10.1 Å². The molecule has 2 aromatic carbocycles. The molecule has 2 nitrogen and oxygen atoms in total. The molecular formula is C18H21NO. The molecule has 1 N–H and O–H groups in total. The van der Waals surface area contributed by atoms with Crippen molar-refractivity contribution in [3.05, 3.63) is 64.7 Å². The van der Waals surface area contributed by atoms with E-state index in [1.165, 1.54) is 35.1 Å². The highest BCUT2D eigenvalue weighted by Gasteiger charge is 2.21. The summed E-state index contributed by atoms with van der Waals surface area (Å²) in [6, 6.07) is 15.5. The summed E-state index contributed by atoms with van der Waals surface area (Å²) in [7, 11) is 1.73. The second kappa shape index (κ2) is 5.68. The number of fused-ring (bicyclic) bond motifs is 1. The van der Waals surface area contributed by atoms with Gasteiger partial charge in [0, 0.05) is 18.2 Å². The highest BCUT2D eigenvalue weighted by molar-refractivity contribution is 5.38. The molecule has 0 fully saturated rings. The van der Waals surface area contributed by atoms with Gasteiger partial charge in [0.25, 0.3) is 0 Å². The van der Waals surface area contributed by atoms with Gasteiger partial charge in [0.15, 0.2) is 0 Å². The monoisotopic (exact) mass is 267 g/mol. The third-order valence-electron chi connectivity index (χ3n) is 4.11. The molecule has 1 unspecified atom stereocenters. The Bertz CT molecular complexity index is 606. The molecule has 0 amide bonds. The van der Waals surface area contributed by atoms with Crippen LogP contribution in [0, 0.1) is 6.92 Å². The number of ether oxygens (including phenoxy) is 1. The van der Waals surface area contributed by atoms with Crippen molar-refractivity contribution in [1.29, 1.82) is 0 Å². The lowest BCUT2D eigenvalue weighted by Crippen LogP contribution is -2.19. The minimum atomic E-state index is 0.467. The van der Waals surface area contributed by atoms with Crippen LogP contribution < -0.4 is 10.1 Å². The number of benzene rings is 2. The number of hydrogen-bond donors (Lipinski definition) is 1. The lowest BCUT2D eigenvalue weighted by molar-refractivity contribution is 0.405. The number of rotatable bonds is 4. The molecule has 0 aromatic heterocycles. The molecule has 0 spiro atoms. The van der Waals surface area contributed by atoms with Crippen molar-refractivity contribution in [3.63, 3.8) is 0 Å². The average Bonchev–Trinajstić information content (AvgIpc) is 2.87. The Hall–Kier alpha value is -1.80. The minimum absolute atomic E-state index is 0.467. The van der Waals surface area contributed by atoms with Crippen molar-refractivity contribution in [2.75, 3.05) is 7.11 Å². The molecule has 2 aromatic rings. The predicted octanol–water partition coefficient (Wildman–Crippen LogP) is 3.78. The molecule has 0 bridgehead atoms. The molecule has 0 saturated heterocycles. The average molecular weight is 267 g/mol. The summed E-state index contributed by atoms with van der Waals surface area (Å²) in [6.45, 7) is 3.01. The van der Waals surface area contributed by atoms with E-state index in [0.29, 0.717) is 6.04 Å². The second-order valence-electron chi connectivity index (χ2n) is 5.49. The summed E-state index contributed by atoms with van der Waals surface area (Å²) < 4.78 is 5.41. The van der Waals surface area contributed by atoms with Crippen LogP contribution in [0.2, 0.25) is 0 Å². The largest absolute Gasteiger partial charge is 0.496 e. The molecule has 1 aliphatic rings. The first-order chi connectivity index (χ1) is 9.78. The van der Waals surface area contributed by atoms with Gasteiger partial charge in [0.2, 0.25) is 0 Å². The molecule has 0 aliphatic heterocycles. The fourth-order valence-electron chi connectivity index (χ4n) is 3.02. The predicted molar refractivity (Wildman–Crippen MR) is 82.1 cm³/mol. The van der Waals surface area contributed by atoms with Crippen molar-refractivity contribution >= 4 is 0 Å². The number of hydrogen-bond acceptors (Lipinski definition) is 2. The lowest BCUT2D eigenvalue weighted by Gasteiger charge is -2.16. The fourth-order valence-corrected chi connectivity index (χ4v) is 3.02. The molecule has 2 heteroatoms. The van der Waals surface area contributed by atoms with Gasteiger partial charge in [-0.15, -0.1) is 0 Å². The molecule has 0 heterocycles. The Balaban J connectivity index is 1.73. The fraction of sp³-hybridized carbons (Fsp3) is 0.333. The van der Waals surface area contributed by atoms with Crippen molar-refractivity contribution in [3.8, 4) is 5.75 Å². The zero-order chi connectivity index (χ0) is 13.9. The topological polar surface area (TPSA) is 21.3 Å². The Labute approximate surface area is 120 Å². The third-order valence-corrected chi connectivity index (χ3v) is 4.11. The van der Waals surface area contributed by atoms with Crippen LogP contribution in [0.3, 0.4) is 0 Å². The first kappa shape index (κ1) is 13.2. The summed E-state index contributed by atoms with van der Waals surface area (Å²) in [6.07, 6.45) is 2.37. The van der Waals surface area contributed by atoms with E-state index in [-0.39, 0.29) is 0 Å². The summed E-state index contributed by atoms with van der Waals surface area (Å²) in [5.41, 5.74) is 5.53. The number of nitrogens with one attached hydrogen (secondary N) is 1. The van der Waals surface area contributed by atoms with Gasteiger partial charge in [-0.2, -0.15) is 0 Å². The van der Waals surface area contributed by atoms with Crippen LogP contribution in [0.1, 0.15) is 34.7 Å². The highest BCUT2D eigenvalue weighted by Crippen LogP contribution is 2.32. The van der Waals surface area contributed by atoms with Gasteiger partial charge >= 0.3 is 0 Å². The maximum Gasteiger partial charge on any atom is 0.123 e. The van der Waals surface area contributed by atoms with E-state index in [1.54, 1.807) is 7.11 Å². The smallest absolute Gasteiger partial charge is 0.123 e. The van der Waals surface area contributed by atoms with Gasteiger partial charge in [-0.3, -0.25) is 0 Å². The van der Waals surface area contributed by atoms with Gasteiger partial charge in [-0.1, -0.05) is 42.0 Å². The number of aryl methyl sites for hydroxylation is 2.